The first-order chi connectivity index (χ1) is 13.4. The van der Waals surface area contributed by atoms with Crippen LogP contribution in [0.15, 0.2) is 54.6 Å². The number of fused-ring (bicyclic) bond motifs is 1. The van der Waals surface area contributed by atoms with Crippen molar-refractivity contribution in [1.82, 2.24) is 4.98 Å². The Morgan fingerprint density at radius 3 is 2.46 bits per heavy atom. The van der Waals surface area contributed by atoms with Crippen molar-refractivity contribution in [3.63, 3.8) is 0 Å². The van der Waals surface area contributed by atoms with Gasteiger partial charge < -0.3 is 9.88 Å². The summed E-state index contributed by atoms with van der Waals surface area (Å²) in [7, 11) is 0. The molecule has 6 nitrogen and oxygen atoms in total. The molecule has 0 saturated carbocycles. The van der Waals surface area contributed by atoms with E-state index in [1.165, 1.54) is 12.1 Å². The van der Waals surface area contributed by atoms with E-state index in [-0.39, 0.29) is 11.6 Å². The molecule has 0 radical (unpaired) electrons. The number of carbonyl (C=O) groups excluding carboxylic acids is 1. The lowest BCUT2D eigenvalue weighted by atomic mass is 10.1. The summed E-state index contributed by atoms with van der Waals surface area (Å²) in [6, 6.07) is 16.0. The van der Waals surface area contributed by atoms with Crippen molar-refractivity contribution in [3.05, 3.63) is 92.8 Å². The number of rotatable bonds is 4. The van der Waals surface area contributed by atoms with Gasteiger partial charge in [-0.05, 0) is 43.2 Å². The predicted molar refractivity (Wildman–Crippen MR) is 109 cm³/mol. The van der Waals surface area contributed by atoms with Crippen LogP contribution in [0.5, 0.6) is 0 Å². The molecule has 0 saturated heterocycles. The van der Waals surface area contributed by atoms with Gasteiger partial charge in [-0.2, -0.15) is 0 Å². The second-order valence-corrected chi connectivity index (χ2v) is 6.94. The van der Waals surface area contributed by atoms with E-state index in [1.807, 2.05) is 50.3 Å². The number of hydrogen-bond donors (Lipinski definition) is 1. The fraction of sp³-hybridized carbons (Fsp3) is 0.136. The maximum absolute atomic E-state index is 13.2. The molecule has 6 heteroatoms. The van der Waals surface area contributed by atoms with Gasteiger partial charge >= 0.3 is 0 Å². The molecule has 0 aliphatic carbocycles. The van der Waals surface area contributed by atoms with Crippen molar-refractivity contribution in [3.8, 4) is 0 Å². The average Bonchev–Trinajstić information content (AvgIpc) is 3.13. The SMILES string of the molecule is Cc1cc(C)c(/C=C2\C(=O)N(Cc3ccc([N+](=O)[O-])cc3)c3ccccc32)[nH]1. The van der Waals surface area contributed by atoms with Crippen LogP contribution in [0.1, 0.15) is 28.1 Å². The normalized spacial score (nSPS) is 14.6. The Hall–Kier alpha value is -3.67. The molecule has 0 atom stereocenters. The van der Waals surface area contributed by atoms with Crippen LogP contribution >= 0.6 is 0 Å². The molecule has 1 aliphatic rings. The van der Waals surface area contributed by atoms with Crippen LogP contribution in [0.3, 0.4) is 0 Å². The second-order valence-electron chi connectivity index (χ2n) is 6.94. The van der Waals surface area contributed by atoms with Crippen molar-refractivity contribution in [2.75, 3.05) is 4.90 Å². The molecule has 1 N–H and O–H groups in total. The lowest BCUT2D eigenvalue weighted by Crippen LogP contribution is -2.25. The number of H-pyrrole nitrogens is 1. The number of non-ortho nitro benzene ring substituents is 1. The Balaban J connectivity index is 1.70. The molecule has 0 bridgehead atoms. The lowest BCUT2D eigenvalue weighted by Gasteiger charge is -2.17. The van der Waals surface area contributed by atoms with Crippen LogP contribution < -0.4 is 4.90 Å². The van der Waals surface area contributed by atoms with E-state index < -0.39 is 4.92 Å². The number of hydrogen-bond acceptors (Lipinski definition) is 3. The highest BCUT2D eigenvalue weighted by Crippen LogP contribution is 2.38. The average molecular weight is 373 g/mol. The number of aromatic amines is 1. The van der Waals surface area contributed by atoms with Crippen LogP contribution in [-0.2, 0) is 11.3 Å². The van der Waals surface area contributed by atoms with Gasteiger partial charge in [0.2, 0.25) is 0 Å². The van der Waals surface area contributed by atoms with Crippen molar-refractivity contribution >= 4 is 28.9 Å². The van der Waals surface area contributed by atoms with Gasteiger partial charge in [-0.25, -0.2) is 0 Å². The first-order valence-electron chi connectivity index (χ1n) is 8.96. The van der Waals surface area contributed by atoms with Crippen LogP contribution in [0.2, 0.25) is 0 Å². The van der Waals surface area contributed by atoms with Crippen molar-refractivity contribution < 1.29 is 9.72 Å². The number of aryl methyl sites for hydroxylation is 2. The van der Waals surface area contributed by atoms with Crippen LogP contribution in [0.25, 0.3) is 11.6 Å². The van der Waals surface area contributed by atoms with E-state index in [9.17, 15) is 14.9 Å². The van der Waals surface area contributed by atoms with Gasteiger partial charge in [0.25, 0.3) is 11.6 Å². The van der Waals surface area contributed by atoms with Gasteiger partial charge in [-0.3, -0.25) is 14.9 Å². The molecule has 2 heterocycles. The van der Waals surface area contributed by atoms with E-state index in [2.05, 4.69) is 4.98 Å². The zero-order valence-corrected chi connectivity index (χ0v) is 15.6. The number of nitrogens with one attached hydrogen (secondary N) is 1. The minimum absolute atomic E-state index is 0.0371. The van der Waals surface area contributed by atoms with Crippen molar-refractivity contribution in [2.45, 2.75) is 20.4 Å². The molecule has 0 spiro atoms. The number of para-hydroxylation sites is 1. The largest absolute Gasteiger partial charge is 0.359 e. The van der Waals surface area contributed by atoms with Gasteiger partial charge in [0.15, 0.2) is 0 Å². The summed E-state index contributed by atoms with van der Waals surface area (Å²) in [6.07, 6.45) is 1.90. The monoisotopic (exact) mass is 373 g/mol. The molecule has 140 valence electrons. The first-order valence-corrected chi connectivity index (χ1v) is 8.96. The number of aromatic nitrogens is 1. The smallest absolute Gasteiger partial charge is 0.269 e. The summed E-state index contributed by atoms with van der Waals surface area (Å²) in [5.74, 6) is -0.0776. The molecule has 2 aromatic carbocycles. The quantitative estimate of drug-likeness (QED) is 0.411. The Kier molecular flexibility index (Phi) is 4.31. The van der Waals surface area contributed by atoms with Gasteiger partial charge in [-0.1, -0.05) is 30.3 Å². The molecule has 4 rings (SSSR count). The Morgan fingerprint density at radius 2 is 1.82 bits per heavy atom. The highest BCUT2D eigenvalue weighted by molar-refractivity contribution is 6.35. The van der Waals surface area contributed by atoms with Crippen LogP contribution in [0.4, 0.5) is 11.4 Å². The Morgan fingerprint density at radius 1 is 1.11 bits per heavy atom. The summed E-state index contributed by atoms with van der Waals surface area (Å²) >= 11 is 0. The van der Waals surface area contributed by atoms with E-state index in [4.69, 9.17) is 0 Å². The van der Waals surface area contributed by atoms with Crippen molar-refractivity contribution in [2.24, 2.45) is 0 Å². The first kappa shape index (κ1) is 17.7. The topological polar surface area (TPSA) is 79.2 Å². The molecule has 0 fully saturated rings. The highest BCUT2D eigenvalue weighted by Gasteiger charge is 2.32. The third kappa shape index (κ3) is 3.09. The molecular formula is C22H19N3O3. The number of benzene rings is 2. The second kappa shape index (κ2) is 6.81. The maximum Gasteiger partial charge on any atom is 0.269 e. The molecule has 28 heavy (non-hydrogen) atoms. The lowest BCUT2D eigenvalue weighted by molar-refractivity contribution is -0.384. The zero-order valence-electron chi connectivity index (χ0n) is 15.6. The molecule has 1 aliphatic heterocycles. The summed E-state index contributed by atoms with van der Waals surface area (Å²) in [4.78, 5) is 28.6. The maximum atomic E-state index is 13.2. The summed E-state index contributed by atoms with van der Waals surface area (Å²) in [6.45, 7) is 4.35. The number of nitro groups is 1. The number of amides is 1. The fourth-order valence-corrected chi connectivity index (χ4v) is 3.55. The Labute approximate surface area is 162 Å². The highest BCUT2D eigenvalue weighted by atomic mass is 16.6. The third-order valence-electron chi connectivity index (χ3n) is 4.93. The van der Waals surface area contributed by atoms with Gasteiger partial charge in [-0.15, -0.1) is 0 Å². The summed E-state index contributed by atoms with van der Waals surface area (Å²) < 4.78 is 0. The minimum Gasteiger partial charge on any atom is -0.359 e. The van der Waals surface area contributed by atoms with E-state index in [0.29, 0.717) is 12.1 Å². The van der Waals surface area contributed by atoms with Gasteiger partial charge in [0, 0.05) is 29.1 Å². The van der Waals surface area contributed by atoms with E-state index >= 15 is 0 Å². The van der Waals surface area contributed by atoms with Gasteiger partial charge in [0.05, 0.1) is 22.7 Å². The standard InChI is InChI=1S/C22H19N3O3/c1-14-11-15(2)23-20(14)12-19-18-5-3-4-6-21(18)24(22(19)26)13-16-7-9-17(10-8-16)25(27)28/h3-12,23H,13H2,1-2H3/b19-12-. The molecular weight excluding hydrogens is 354 g/mol. The number of nitro benzene ring substituents is 1. The number of carbonyl (C=O) groups is 1. The number of nitrogens with zero attached hydrogens (tertiary/aromatic N) is 2. The summed E-state index contributed by atoms with van der Waals surface area (Å²) in [5.41, 5.74) is 6.31. The summed E-state index contributed by atoms with van der Waals surface area (Å²) in [5, 5.41) is 10.8. The van der Waals surface area contributed by atoms with Crippen LogP contribution in [-0.4, -0.2) is 15.8 Å². The van der Waals surface area contributed by atoms with E-state index in [1.54, 1.807) is 17.0 Å². The molecule has 3 aromatic rings. The third-order valence-corrected chi connectivity index (χ3v) is 4.93. The number of anilines is 1. The van der Waals surface area contributed by atoms with E-state index in [0.717, 1.165) is 33.8 Å². The van der Waals surface area contributed by atoms with Gasteiger partial charge in [0.1, 0.15) is 0 Å². The predicted octanol–water partition coefficient (Wildman–Crippen LogP) is 4.63. The zero-order chi connectivity index (χ0) is 19.8. The molecule has 1 amide bonds. The van der Waals surface area contributed by atoms with Crippen molar-refractivity contribution in [1.29, 1.82) is 0 Å². The molecule has 1 aromatic heterocycles. The molecule has 0 unspecified atom stereocenters. The fourth-order valence-electron chi connectivity index (χ4n) is 3.55. The minimum atomic E-state index is -0.429. The van der Waals surface area contributed by atoms with Crippen LogP contribution in [0, 0.1) is 24.0 Å². The Bertz CT molecular complexity index is 1110.